The molecule has 1 amide bonds. The fourth-order valence-corrected chi connectivity index (χ4v) is 4.80. The second kappa shape index (κ2) is 12.0. The molecule has 3 aromatic carbocycles. The van der Waals surface area contributed by atoms with Crippen LogP contribution >= 0.6 is 0 Å². The molecule has 5 rings (SSSR count). The fraction of sp³-hybridized carbons (Fsp3) is 0.258. The van der Waals surface area contributed by atoms with Gasteiger partial charge in [0.05, 0.1) is 31.5 Å². The SMILES string of the molecule is CCOC(=O)c1cc(-c2ccc(N3CCN(C(=O)Cc4cccc(OC)c4)CC3)cc2)n(-c2ccc(F)cc2)n1. The number of benzene rings is 3. The fourth-order valence-electron chi connectivity index (χ4n) is 4.80. The van der Waals surface area contributed by atoms with Crippen LogP contribution in [-0.2, 0) is 16.0 Å². The second-order valence-electron chi connectivity index (χ2n) is 9.47. The number of rotatable bonds is 8. The average Bonchev–Trinajstić information content (AvgIpc) is 3.44. The lowest BCUT2D eigenvalue weighted by Gasteiger charge is -2.36. The molecule has 4 aromatic rings. The first-order valence-corrected chi connectivity index (χ1v) is 13.2. The molecule has 206 valence electrons. The molecule has 1 saturated heterocycles. The highest BCUT2D eigenvalue weighted by atomic mass is 19.1. The monoisotopic (exact) mass is 542 g/mol. The maximum Gasteiger partial charge on any atom is 0.358 e. The molecule has 0 radical (unpaired) electrons. The van der Waals surface area contributed by atoms with Crippen LogP contribution in [0.25, 0.3) is 16.9 Å². The van der Waals surface area contributed by atoms with Gasteiger partial charge >= 0.3 is 5.97 Å². The number of anilines is 1. The number of aromatic nitrogens is 2. The van der Waals surface area contributed by atoms with Crippen molar-refractivity contribution >= 4 is 17.6 Å². The van der Waals surface area contributed by atoms with Crippen molar-refractivity contribution in [2.24, 2.45) is 0 Å². The van der Waals surface area contributed by atoms with E-state index in [9.17, 15) is 14.0 Å². The Morgan fingerprint density at radius 2 is 1.60 bits per heavy atom. The van der Waals surface area contributed by atoms with Crippen LogP contribution < -0.4 is 9.64 Å². The summed E-state index contributed by atoms with van der Waals surface area (Å²) < 4.78 is 25.6. The van der Waals surface area contributed by atoms with Crippen molar-refractivity contribution in [2.45, 2.75) is 13.3 Å². The predicted molar refractivity (Wildman–Crippen MR) is 150 cm³/mol. The molecule has 0 saturated carbocycles. The van der Waals surface area contributed by atoms with Crippen molar-refractivity contribution in [1.82, 2.24) is 14.7 Å². The molecule has 40 heavy (non-hydrogen) atoms. The molecule has 2 heterocycles. The third kappa shape index (κ3) is 5.98. The zero-order valence-electron chi connectivity index (χ0n) is 22.5. The van der Waals surface area contributed by atoms with E-state index in [2.05, 4.69) is 10.00 Å². The van der Waals surface area contributed by atoms with Gasteiger partial charge in [0.15, 0.2) is 5.69 Å². The van der Waals surface area contributed by atoms with E-state index in [1.54, 1.807) is 36.9 Å². The van der Waals surface area contributed by atoms with Crippen LogP contribution in [0.1, 0.15) is 23.0 Å². The van der Waals surface area contributed by atoms with Crippen LogP contribution in [0.3, 0.4) is 0 Å². The van der Waals surface area contributed by atoms with Gasteiger partial charge in [-0.2, -0.15) is 5.10 Å². The summed E-state index contributed by atoms with van der Waals surface area (Å²) in [6, 6.07) is 23.2. The second-order valence-corrected chi connectivity index (χ2v) is 9.47. The normalized spacial score (nSPS) is 13.3. The van der Waals surface area contributed by atoms with Crippen molar-refractivity contribution in [3.8, 4) is 22.7 Å². The van der Waals surface area contributed by atoms with E-state index < -0.39 is 5.97 Å². The van der Waals surface area contributed by atoms with Crippen LogP contribution in [-0.4, -0.2) is 66.5 Å². The maximum atomic E-state index is 13.5. The van der Waals surface area contributed by atoms with E-state index in [4.69, 9.17) is 9.47 Å². The Morgan fingerprint density at radius 3 is 2.27 bits per heavy atom. The first-order chi connectivity index (χ1) is 19.4. The van der Waals surface area contributed by atoms with Gasteiger partial charge in [0, 0.05) is 37.4 Å². The third-order valence-corrected chi connectivity index (χ3v) is 6.92. The zero-order chi connectivity index (χ0) is 28.1. The molecule has 0 atom stereocenters. The minimum absolute atomic E-state index is 0.106. The van der Waals surface area contributed by atoms with Crippen LogP contribution in [0.5, 0.6) is 5.75 Å². The highest BCUT2D eigenvalue weighted by Gasteiger charge is 2.22. The van der Waals surface area contributed by atoms with E-state index in [0.717, 1.165) is 35.7 Å². The van der Waals surface area contributed by atoms with E-state index in [1.165, 1.54) is 12.1 Å². The van der Waals surface area contributed by atoms with Crippen LogP contribution in [0, 0.1) is 5.82 Å². The Hall–Kier alpha value is -4.66. The van der Waals surface area contributed by atoms with Gasteiger partial charge in [0.2, 0.25) is 5.91 Å². The van der Waals surface area contributed by atoms with E-state index in [1.807, 2.05) is 53.4 Å². The molecular weight excluding hydrogens is 511 g/mol. The molecule has 1 aliphatic heterocycles. The van der Waals surface area contributed by atoms with Gasteiger partial charge in [-0.15, -0.1) is 0 Å². The van der Waals surface area contributed by atoms with Crippen molar-refractivity contribution < 1.29 is 23.5 Å². The van der Waals surface area contributed by atoms with E-state index in [-0.39, 0.29) is 24.0 Å². The van der Waals surface area contributed by atoms with E-state index >= 15 is 0 Å². The van der Waals surface area contributed by atoms with Crippen LogP contribution in [0.2, 0.25) is 0 Å². The maximum absolute atomic E-state index is 13.5. The summed E-state index contributed by atoms with van der Waals surface area (Å²) in [5.74, 6) is -0.0133. The van der Waals surface area contributed by atoms with Gasteiger partial charge in [-0.3, -0.25) is 4.79 Å². The average molecular weight is 543 g/mol. The molecule has 0 spiro atoms. The van der Waals surface area contributed by atoms with Gasteiger partial charge < -0.3 is 19.3 Å². The van der Waals surface area contributed by atoms with Crippen molar-refractivity contribution in [3.63, 3.8) is 0 Å². The summed E-state index contributed by atoms with van der Waals surface area (Å²) in [5.41, 5.74) is 4.33. The lowest BCUT2D eigenvalue weighted by atomic mass is 10.1. The van der Waals surface area contributed by atoms with Crippen LogP contribution in [0.15, 0.2) is 78.9 Å². The molecule has 9 heteroatoms. The Balaban J connectivity index is 1.28. The van der Waals surface area contributed by atoms with Crippen LogP contribution in [0.4, 0.5) is 10.1 Å². The number of nitrogens with zero attached hydrogens (tertiary/aromatic N) is 4. The van der Waals surface area contributed by atoms with E-state index in [0.29, 0.717) is 30.9 Å². The number of halogens is 1. The third-order valence-electron chi connectivity index (χ3n) is 6.92. The number of esters is 1. The summed E-state index contributed by atoms with van der Waals surface area (Å²) in [6.45, 7) is 4.72. The number of carbonyl (C=O) groups excluding carboxylic acids is 2. The molecular formula is C31H31FN4O4. The summed E-state index contributed by atoms with van der Waals surface area (Å²) in [7, 11) is 1.62. The Morgan fingerprint density at radius 1 is 0.900 bits per heavy atom. The number of amides is 1. The van der Waals surface area contributed by atoms with Crippen molar-refractivity contribution in [1.29, 1.82) is 0 Å². The van der Waals surface area contributed by atoms with Gasteiger partial charge in [-0.25, -0.2) is 13.9 Å². The summed E-state index contributed by atoms with van der Waals surface area (Å²) in [4.78, 5) is 29.4. The minimum Gasteiger partial charge on any atom is -0.497 e. The van der Waals surface area contributed by atoms with Crippen molar-refractivity contribution in [3.05, 3.63) is 95.9 Å². The van der Waals surface area contributed by atoms with Gasteiger partial charge in [-0.1, -0.05) is 24.3 Å². The smallest absolute Gasteiger partial charge is 0.358 e. The lowest BCUT2D eigenvalue weighted by Crippen LogP contribution is -2.49. The lowest BCUT2D eigenvalue weighted by molar-refractivity contribution is -0.130. The topological polar surface area (TPSA) is 76.9 Å². The summed E-state index contributed by atoms with van der Waals surface area (Å²) >= 11 is 0. The molecule has 8 nitrogen and oxygen atoms in total. The first kappa shape index (κ1) is 26.9. The predicted octanol–water partition coefficient (Wildman–Crippen LogP) is 4.76. The number of piperazine rings is 1. The molecule has 0 aliphatic carbocycles. The van der Waals surface area contributed by atoms with Crippen molar-refractivity contribution in [2.75, 3.05) is 44.8 Å². The Kier molecular flexibility index (Phi) is 8.10. The molecule has 1 aliphatic rings. The minimum atomic E-state index is -0.514. The molecule has 1 fully saturated rings. The van der Waals surface area contributed by atoms with Gasteiger partial charge in [-0.05, 0) is 67.1 Å². The standard InChI is InChI=1S/C31H31FN4O4/c1-3-40-31(38)28-21-29(36(33-28)26-13-9-24(32)10-14-26)23-7-11-25(12-8-23)34-15-17-35(18-16-34)30(37)20-22-5-4-6-27(19-22)39-2/h4-14,19,21H,3,15-18,20H2,1-2H3. The zero-order valence-corrected chi connectivity index (χ0v) is 22.5. The molecule has 0 N–H and O–H groups in total. The summed E-state index contributed by atoms with van der Waals surface area (Å²) in [5, 5.41) is 4.45. The Bertz CT molecular complexity index is 1480. The van der Waals surface area contributed by atoms with Gasteiger partial charge in [0.1, 0.15) is 11.6 Å². The quantitative estimate of drug-likeness (QED) is 0.299. The number of hydrogen-bond acceptors (Lipinski definition) is 6. The molecule has 1 aromatic heterocycles. The summed E-state index contributed by atoms with van der Waals surface area (Å²) in [6.07, 6.45) is 0.349. The first-order valence-electron chi connectivity index (χ1n) is 13.2. The highest BCUT2D eigenvalue weighted by Crippen LogP contribution is 2.28. The number of ether oxygens (including phenoxy) is 2. The number of carbonyl (C=O) groups is 2. The largest absolute Gasteiger partial charge is 0.497 e. The highest BCUT2D eigenvalue weighted by molar-refractivity contribution is 5.89. The Labute approximate surface area is 232 Å². The van der Waals surface area contributed by atoms with Gasteiger partial charge in [0.25, 0.3) is 0 Å². The molecule has 0 unspecified atom stereocenters. The number of methoxy groups -OCH3 is 1. The number of hydrogen-bond donors (Lipinski definition) is 0. The molecule has 0 bridgehead atoms.